The third kappa shape index (κ3) is 2.37. The van der Waals surface area contributed by atoms with Crippen LogP contribution in [0.4, 0.5) is 4.39 Å². The summed E-state index contributed by atoms with van der Waals surface area (Å²) in [5, 5.41) is 0. The topological polar surface area (TPSA) is 35.2 Å². The van der Waals surface area contributed by atoms with Gasteiger partial charge in [-0.1, -0.05) is 26.2 Å². The maximum atomic E-state index is 13.7. The van der Waals surface area contributed by atoms with Gasteiger partial charge in [0.05, 0.1) is 7.11 Å². The van der Waals surface area contributed by atoms with Crippen molar-refractivity contribution in [2.75, 3.05) is 7.11 Å². The van der Waals surface area contributed by atoms with Crippen molar-refractivity contribution < 1.29 is 9.13 Å². The molecule has 0 aromatic heterocycles. The summed E-state index contributed by atoms with van der Waals surface area (Å²) in [7, 11) is 1.59. The zero-order chi connectivity index (χ0) is 13.2. The molecule has 0 saturated heterocycles. The van der Waals surface area contributed by atoms with Gasteiger partial charge in [-0.2, -0.15) is 0 Å². The van der Waals surface area contributed by atoms with Gasteiger partial charge in [-0.3, -0.25) is 0 Å². The molecule has 0 atom stereocenters. The molecule has 0 unspecified atom stereocenters. The Morgan fingerprint density at radius 2 is 1.94 bits per heavy atom. The fourth-order valence-electron chi connectivity index (χ4n) is 3.05. The summed E-state index contributed by atoms with van der Waals surface area (Å²) in [5.74, 6) is 0.373. The van der Waals surface area contributed by atoms with E-state index in [1.54, 1.807) is 13.2 Å². The molecule has 2 nitrogen and oxygen atoms in total. The molecule has 0 amide bonds. The van der Waals surface area contributed by atoms with Crippen LogP contribution in [0.15, 0.2) is 12.1 Å². The number of rotatable bonds is 3. The van der Waals surface area contributed by atoms with Gasteiger partial charge in [-0.05, 0) is 36.5 Å². The molecule has 0 radical (unpaired) electrons. The molecular formula is C15H22FNO. The maximum Gasteiger partial charge on any atom is 0.127 e. The first-order chi connectivity index (χ1) is 8.60. The van der Waals surface area contributed by atoms with Gasteiger partial charge in [-0.25, -0.2) is 4.39 Å². The van der Waals surface area contributed by atoms with Gasteiger partial charge < -0.3 is 10.5 Å². The summed E-state index contributed by atoms with van der Waals surface area (Å²) in [6, 6.07) is 3.06. The fraction of sp³-hybridized carbons (Fsp3) is 0.600. The van der Waals surface area contributed by atoms with Gasteiger partial charge in [0.15, 0.2) is 0 Å². The zero-order valence-electron chi connectivity index (χ0n) is 11.3. The molecule has 0 heterocycles. The summed E-state index contributed by atoms with van der Waals surface area (Å²) in [6.07, 6.45) is 6.17. The van der Waals surface area contributed by atoms with Crippen molar-refractivity contribution >= 4 is 0 Å². The molecule has 0 aliphatic heterocycles. The minimum atomic E-state index is -0.376. The minimum absolute atomic E-state index is 0.255. The number of benzene rings is 1. The lowest BCUT2D eigenvalue weighted by Crippen LogP contribution is -2.39. The lowest BCUT2D eigenvalue weighted by molar-refractivity contribution is 0.297. The molecule has 18 heavy (non-hydrogen) atoms. The van der Waals surface area contributed by atoms with Gasteiger partial charge in [0, 0.05) is 11.6 Å². The number of hydrogen-bond donors (Lipinski definition) is 1. The molecular weight excluding hydrogens is 229 g/mol. The van der Waals surface area contributed by atoms with Crippen molar-refractivity contribution in [3.63, 3.8) is 0 Å². The second-order valence-electron chi connectivity index (χ2n) is 5.20. The Morgan fingerprint density at radius 3 is 2.50 bits per heavy atom. The van der Waals surface area contributed by atoms with E-state index in [0.29, 0.717) is 5.75 Å². The molecule has 2 N–H and O–H groups in total. The molecule has 1 aromatic carbocycles. The Balaban J connectivity index is 2.50. The molecule has 2 rings (SSSR count). The van der Waals surface area contributed by atoms with Crippen LogP contribution in [0.5, 0.6) is 5.75 Å². The quantitative estimate of drug-likeness (QED) is 0.892. The highest BCUT2D eigenvalue weighted by Crippen LogP contribution is 2.39. The van der Waals surface area contributed by atoms with E-state index in [4.69, 9.17) is 10.5 Å². The molecule has 1 saturated carbocycles. The van der Waals surface area contributed by atoms with Crippen LogP contribution in [0.3, 0.4) is 0 Å². The average molecular weight is 251 g/mol. The summed E-state index contributed by atoms with van der Waals surface area (Å²) < 4.78 is 19.0. The highest BCUT2D eigenvalue weighted by atomic mass is 19.1. The number of halogens is 1. The Kier molecular flexibility index (Phi) is 3.91. The van der Waals surface area contributed by atoms with E-state index in [2.05, 4.69) is 6.92 Å². The number of nitrogens with two attached hydrogens (primary N) is 1. The normalized spacial score (nSPS) is 18.7. The standard InChI is InChI=1S/C15H22FNO/c1-3-12-13(9-11(16)10-14(12)18-2)15(17)7-5-4-6-8-15/h9-10H,3-8,17H2,1-2H3. The number of ether oxygens (including phenoxy) is 1. The van der Waals surface area contributed by atoms with Gasteiger partial charge >= 0.3 is 0 Å². The van der Waals surface area contributed by atoms with Crippen molar-refractivity contribution in [2.24, 2.45) is 5.73 Å². The lowest BCUT2D eigenvalue weighted by Gasteiger charge is -2.36. The predicted octanol–water partition coefficient (Wildman–Crippen LogP) is 3.51. The lowest BCUT2D eigenvalue weighted by atomic mass is 9.75. The summed E-state index contributed by atoms with van der Waals surface area (Å²) >= 11 is 0. The van der Waals surface area contributed by atoms with E-state index in [-0.39, 0.29) is 11.4 Å². The third-order valence-electron chi connectivity index (χ3n) is 4.03. The molecule has 1 aromatic rings. The molecule has 3 heteroatoms. The molecule has 100 valence electrons. The van der Waals surface area contributed by atoms with Crippen molar-refractivity contribution in [1.29, 1.82) is 0 Å². The van der Waals surface area contributed by atoms with E-state index in [1.165, 1.54) is 12.5 Å². The van der Waals surface area contributed by atoms with Crippen LogP contribution >= 0.6 is 0 Å². The van der Waals surface area contributed by atoms with E-state index < -0.39 is 0 Å². The molecule has 1 aliphatic rings. The Bertz CT molecular complexity index is 425. The SMILES string of the molecule is CCc1c(OC)cc(F)cc1C1(N)CCCCC1. The van der Waals surface area contributed by atoms with E-state index in [0.717, 1.165) is 43.2 Å². The van der Waals surface area contributed by atoms with Crippen molar-refractivity contribution in [3.05, 3.63) is 29.1 Å². The second-order valence-corrected chi connectivity index (χ2v) is 5.20. The highest BCUT2D eigenvalue weighted by molar-refractivity contribution is 5.44. The van der Waals surface area contributed by atoms with Crippen LogP contribution in [0, 0.1) is 5.82 Å². The van der Waals surface area contributed by atoms with Crippen LogP contribution in [-0.4, -0.2) is 7.11 Å². The summed E-state index contributed by atoms with van der Waals surface area (Å²) in [5.41, 5.74) is 8.16. The van der Waals surface area contributed by atoms with Gasteiger partial charge in [-0.15, -0.1) is 0 Å². The average Bonchev–Trinajstić information content (AvgIpc) is 2.38. The molecule has 1 fully saturated rings. The number of hydrogen-bond acceptors (Lipinski definition) is 2. The summed E-state index contributed by atoms with van der Waals surface area (Å²) in [6.45, 7) is 2.06. The second kappa shape index (κ2) is 5.27. The number of methoxy groups -OCH3 is 1. The summed E-state index contributed by atoms with van der Waals surface area (Å²) in [4.78, 5) is 0. The first-order valence-electron chi connectivity index (χ1n) is 6.76. The Labute approximate surface area is 108 Å². The van der Waals surface area contributed by atoms with Crippen LogP contribution in [0.25, 0.3) is 0 Å². The smallest absolute Gasteiger partial charge is 0.127 e. The monoisotopic (exact) mass is 251 g/mol. The van der Waals surface area contributed by atoms with Crippen molar-refractivity contribution in [3.8, 4) is 5.75 Å². The van der Waals surface area contributed by atoms with Crippen LogP contribution in [0.1, 0.15) is 50.2 Å². The molecule has 0 spiro atoms. The van der Waals surface area contributed by atoms with Gasteiger partial charge in [0.25, 0.3) is 0 Å². The van der Waals surface area contributed by atoms with Crippen molar-refractivity contribution in [2.45, 2.75) is 51.0 Å². The van der Waals surface area contributed by atoms with Crippen LogP contribution < -0.4 is 10.5 Å². The molecule has 1 aliphatic carbocycles. The molecule has 0 bridgehead atoms. The largest absolute Gasteiger partial charge is 0.496 e. The predicted molar refractivity (Wildman–Crippen MR) is 71.3 cm³/mol. The zero-order valence-corrected chi connectivity index (χ0v) is 11.3. The van der Waals surface area contributed by atoms with Gasteiger partial charge in [0.1, 0.15) is 11.6 Å². The fourth-order valence-corrected chi connectivity index (χ4v) is 3.05. The van der Waals surface area contributed by atoms with E-state index >= 15 is 0 Å². The Hall–Kier alpha value is -1.09. The highest BCUT2D eigenvalue weighted by Gasteiger charge is 2.32. The minimum Gasteiger partial charge on any atom is -0.496 e. The maximum absolute atomic E-state index is 13.7. The van der Waals surface area contributed by atoms with E-state index in [9.17, 15) is 4.39 Å². The Morgan fingerprint density at radius 1 is 1.28 bits per heavy atom. The first kappa shape index (κ1) is 13.3. The third-order valence-corrected chi connectivity index (χ3v) is 4.03. The first-order valence-corrected chi connectivity index (χ1v) is 6.76. The van der Waals surface area contributed by atoms with Crippen LogP contribution in [-0.2, 0) is 12.0 Å². The van der Waals surface area contributed by atoms with E-state index in [1.807, 2.05) is 0 Å². The van der Waals surface area contributed by atoms with Gasteiger partial charge in [0.2, 0.25) is 0 Å². The van der Waals surface area contributed by atoms with Crippen molar-refractivity contribution in [1.82, 2.24) is 0 Å². The van der Waals surface area contributed by atoms with Crippen LogP contribution in [0.2, 0.25) is 0 Å².